The van der Waals surface area contributed by atoms with Crippen molar-refractivity contribution in [3.05, 3.63) is 92.3 Å². The minimum atomic E-state index is -0.0321. The summed E-state index contributed by atoms with van der Waals surface area (Å²) in [6.45, 7) is 1.98. The van der Waals surface area contributed by atoms with Gasteiger partial charge in [-0.15, -0.1) is 11.3 Å². The van der Waals surface area contributed by atoms with Crippen LogP contribution in [0.2, 0.25) is 0 Å². The van der Waals surface area contributed by atoms with Crippen molar-refractivity contribution in [2.75, 3.05) is 5.32 Å². The third-order valence-corrected chi connectivity index (χ3v) is 6.48. The minimum absolute atomic E-state index is 0.0321. The number of hydrogen-bond donors (Lipinski definition) is 1. The number of fused-ring (bicyclic) bond motifs is 1. The lowest BCUT2D eigenvalue weighted by atomic mass is 10.0. The fourth-order valence-electron chi connectivity index (χ4n) is 3.24. The van der Waals surface area contributed by atoms with Gasteiger partial charge < -0.3 is 5.32 Å². The lowest BCUT2D eigenvalue weighted by molar-refractivity contribution is -0.115. The molecule has 3 aromatic carbocycles. The number of anilines is 1. The van der Waals surface area contributed by atoms with Gasteiger partial charge in [0.15, 0.2) is 0 Å². The first kappa shape index (κ1) is 18.8. The van der Waals surface area contributed by atoms with E-state index >= 15 is 0 Å². The van der Waals surface area contributed by atoms with Crippen LogP contribution in [-0.2, 0) is 17.6 Å². The van der Waals surface area contributed by atoms with Gasteiger partial charge in [-0.25, -0.2) is 4.98 Å². The number of nitrogens with one attached hydrogen (secondary N) is 1. The number of para-hydroxylation sites is 1. The van der Waals surface area contributed by atoms with Crippen molar-refractivity contribution >= 4 is 49.6 Å². The second-order valence-electron chi connectivity index (χ2n) is 6.64. The molecule has 0 unspecified atom stereocenters. The van der Waals surface area contributed by atoms with Gasteiger partial charge in [-0.05, 0) is 51.3 Å². The molecule has 1 aromatic heterocycles. The van der Waals surface area contributed by atoms with Crippen LogP contribution < -0.4 is 5.32 Å². The molecule has 0 aliphatic carbocycles. The van der Waals surface area contributed by atoms with Crippen molar-refractivity contribution in [1.82, 2.24) is 4.98 Å². The highest BCUT2D eigenvalue weighted by atomic mass is 79.9. The van der Waals surface area contributed by atoms with E-state index in [-0.39, 0.29) is 5.91 Å². The maximum Gasteiger partial charge on any atom is 0.229 e. The standard InChI is InChI=1S/C23H19BrN2OS/c1-15-21(14-22(27)26-20-12-5-4-11-19(20)24)28-23(25-15)13-17-9-6-8-16-7-2-3-10-18(16)17/h2-12H,13-14H2,1H3,(H,26,27). The van der Waals surface area contributed by atoms with Crippen LogP contribution in [-0.4, -0.2) is 10.9 Å². The van der Waals surface area contributed by atoms with E-state index in [4.69, 9.17) is 4.98 Å². The summed E-state index contributed by atoms with van der Waals surface area (Å²) in [5.41, 5.74) is 2.98. The number of hydrogen-bond acceptors (Lipinski definition) is 3. The number of carbonyl (C=O) groups excluding carboxylic acids is 1. The largest absolute Gasteiger partial charge is 0.325 e. The molecular formula is C23H19BrN2OS. The highest BCUT2D eigenvalue weighted by molar-refractivity contribution is 9.10. The normalized spacial score (nSPS) is 10.9. The Bertz CT molecular complexity index is 1150. The molecular weight excluding hydrogens is 432 g/mol. The number of thiazole rings is 1. The van der Waals surface area contributed by atoms with Crippen LogP contribution in [0.1, 0.15) is 21.1 Å². The number of rotatable bonds is 5. The number of benzene rings is 3. The molecule has 28 heavy (non-hydrogen) atoms. The van der Waals surface area contributed by atoms with Gasteiger partial charge in [0, 0.05) is 15.8 Å². The molecule has 0 radical (unpaired) electrons. The summed E-state index contributed by atoms with van der Waals surface area (Å²) >= 11 is 5.08. The van der Waals surface area contributed by atoms with Gasteiger partial charge in [-0.2, -0.15) is 0 Å². The first-order valence-corrected chi connectivity index (χ1v) is 10.7. The van der Waals surface area contributed by atoms with Crippen LogP contribution in [0.25, 0.3) is 10.8 Å². The van der Waals surface area contributed by atoms with E-state index in [9.17, 15) is 4.79 Å². The minimum Gasteiger partial charge on any atom is -0.325 e. The Morgan fingerprint density at radius 3 is 2.64 bits per heavy atom. The van der Waals surface area contributed by atoms with Gasteiger partial charge in [-0.1, -0.05) is 54.6 Å². The molecule has 0 fully saturated rings. The van der Waals surface area contributed by atoms with E-state index < -0.39 is 0 Å². The molecule has 1 heterocycles. The fourth-order valence-corrected chi connectivity index (χ4v) is 4.72. The summed E-state index contributed by atoms with van der Waals surface area (Å²) in [5, 5.41) is 6.49. The predicted octanol–water partition coefficient (Wildman–Crippen LogP) is 6.14. The molecule has 0 spiro atoms. The first-order valence-electron chi connectivity index (χ1n) is 9.06. The SMILES string of the molecule is Cc1nc(Cc2cccc3ccccc23)sc1CC(=O)Nc1ccccc1Br. The molecule has 0 aliphatic heterocycles. The number of halogens is 1. The van der Waals surface area contributed by atoms with Gasteiger partial charge >= 0.3 is 0 Å². The molecule has 5 heteroatoms. The summed E-state index contributed by atoms with van der Waals surface area (Å²) in [6, 6.07) is 22.4. The number of carbonyl (C=O) groups is 1. The second kappa shape index (κ2) is 8.25. The Labute approximate surface area is 176 Å². The van der Waals surface area contributed by atoms with Crippen LogP contribution in [0, 0.1) is 6.92 Å². The summed E-state index contributed by atoms with van der Waals surface area (Å²) in [4.78, 5) is 18.2. The Balaban J connectivity index is 1.50. The highest BCUT2D eigenvalue weighted by Gasteiger charge is 2.14. The Kier molecular flexibility index (Phi) is 5.55. The van der Waals surface area contributed by atoms with Crippen molar-refractivity contribution in [2.24, 2.45) is 0 Å². The number of aromatic nitrogens is 1. The van der Waals surface area contributed by atoms with E-state index in [2.05, 4.69) is 63.7 Å². The van der Waals surface area contributed by atoms with Crippen LogP contribution in [0.4, 0.5) is 5.69 Å². The van der Waals surface area contributed by atoms with E-state index in [0.717, 1.165) is 32.2 Å². The van der Waals surface area contributed by atoms with Crippen molar-refractivity contribution in [1.29, 1.82) is 0 Å². The molecule has 140 valence electrons. The fraction of sp³-hybridized carbons (Fsp3) is 0.130. The Morgan fingerprint density at radius 1 is 1.04 bits per heavy atom. The second-order valence-corrected chi connectivity index (χ2v) is 8.66. The van der Waals surface area contributed by atoms with E-state index in [1.54, 1.807) is 11.3 Å². The van der Waals surface area contributed by atoms with Crippen molar-refractivity contribution in [3.8, 4) is 0 Å². The molecule has 0 bridgehead atoms. The van der Waals surface area contributed by atoms with Crippen molar-refractivity contribution in [3.63, 3.8) is 0 Å². The summed E-state index contributed by atoms with van der Waals surface area (Å²) < 4.78 is 0.876. The first-order chi connectivity index (χ1) is 13.6. The maximum absolute atomic E-state index is 12.5. The van der Waals surface area contributed by atoms with Crippen molar-refractivity contribution < 1.29 is 4.79 Å². The average molecular weight is 451 g/mol. The molecule has 3 nitrogen and oxygen atoms in total. The number of aryl methyl sites for hydroxylation is 1. The molecule has 1 amide bonds. The smallest absolute Gasteiger partial charge is 0.229 e. The van der Waals surface area contributed by atoms with Gasteiger partial charge in [0.2, 0.25) is 5.91 Å². The molecule has 0 aliphatic rings. The number of amides is 1. The lowest BCUT2D eigenvalue weighted by Gasteiger charge is -2.06. The van der Waals surface area contributed by atoms with Crippen LogP contribution >= 0.6 is 27.3 Å². The zero-order chi connectivity index (χ0) is 19.5. The average Bonchev–Trinajstić information content (AvgIpc) is 3.03. The molecule has 0 saturated carbocycles. The van der Waals surface area contributed by atoms with E-state index in [1.165, 1.54) is 16.3 Å². The van der Waals surface area contributed by atoms with Crippen LogP contribution in [0.3, 0.4) is 0 Å². The van der Waals surface area contributed by atoms with E-state index in [1.807, 2.05) is 31.2 Å². The zero-order valence-electron chi connectivity index (χ0n) is 15.4. The predicted molar refractivity (Wildman–Crippen MR) is 120 cm³/mol. The lowest BCUT2D eigenvalue weighted by Crippen LogP contribution is -2.14. The summed E-state index contributed by atoms with van der Waals surface area (Å²) in [6.07, 6.45) is 1.11. The monoisotopic (exact) mass is 450 g/mol. The topological polar surface area (TPSA) is 42.0 Å². The summed E-state index contributed by atoms with van der Waals surface area (Å²) in [7, 11) is 0. The quantitative estimate of drug-likeness (QED) is 0.396. The molecule has 1 N–H and O–H groups in total. The van der Waals surface area contributed by atoms with Crippen LogP contribution in [0.15, 0.2) is 71.2 Å². The number of nitrogens with zero attached hydrogens (tertiary/aromatic N) is 1. The van der Waals surface area contributed by atoms with E-state index in [0.29, 0.717) is 6.42 Å². The van der Waals surface area contributed by atoms with Crippen molar-refractivity contribution in [2.45, 2.75) is 19.8 Å². The van der Waals surface area contributed by atoms with Gasteiger partial charge in [-0.3, -0.25) is 4.79 Å². The Morgan fingerprint density at radius 2 is 1.79 bits per heavy atom. The Hall–Kier alpha value is -2.50. The molecule has 0 saturated heterocycles. The highest BCUT2D eigenvalue weighted by Crippen LogP contribution is 2.26. The van der Waals surface area contributed by atoms with Crippen LogP contribution in [0.5, 0.6) is 0 Å². The molecule has 4 aromatic rings. The molecule has 0 atom stereocenters. The maximum atomic E-state index is 12.5. The van der Waals surface area contributed by atoms with Gasteiger partial charge in [0.1, 0.15) is 0 Å². The van der Waals surface area contributed by atoms with Gasteiger partial charge in [0.05, 0.1) is 22.8 Å². The third kappa shape index (κ3) is 4.16. The zero-order valence-corrected chi connectivity index (χ0v) is 17.8. The third-order valence-electron chi connectivity index (χ3n) is 4.63. The molecule has 4 rings (SSSR count). The summed E-state index contributed by atoms with van der Waals surface area (Å²) in [5.74, 6) is -0.0321. The van der Waals surface area contributed by atoms with Gasteiger partial charge in [0.25, 0.3) is 0 Å².